The zero-order chi connectivity index (χ0) is 28.7. The number of hydrogen-bond acceptors (Lipinski definition) is 10. The van der Waals surface area contributed by atoms with Crippen LogP contribution in [0.4, 0.5) is 26.5 Å². The molecule has 0 radical (unpaired) electrons. The van der Waals surface area contributed by atoms with Crippen molar-refractivity contribution in [1.82, 2.24) is 19.4 Å². The molecule has 0 spiro atoms. The van der Waals surface area contributed by atoms with E-state index in [0.717, 1.165) is 38.4 Å². The Morgan fingerprint density at radius 1 is 1.22 bits per heavy atom. The highest BCUT2D eigenvalue weighted by Crippen LogP contribution is 2.32. The standard InChI is InChI=1S/C27H30FN7O6/c1-27(17-33-14-24(35(38)39)30-25(33)41-27)16-31-7-2-8-32(10-9-31)23-6-3-18(12-29-23)21-5-4-19(11-22(21)28)34-13-20(15-36)40-26(34)37/h3-6,11-12,14,20,36H,2,7-10,13,15-17H2,1H3. The lowest BCUT2D eigenvalue weighted by Crippen LogP contribution is -2.46. The van der Waals surface area contributed by atoms with Crippen LogP contribution in [0.25, 0.3) is 11.1 Å². The first-order valence-corrected chi connectivity index (χ1v) is 13.4. The second kappa shape index (κ2) is 10.6. The molecule has 5 heterocycles. The van der Waals surface area contributed by atoms with E-state index in [1.165, 1.54) is 17.2 Å². The molecule has 1 amide bonds. The van der Waals surface area contributed by atoms with Crippen molar-refractivity contribution in [2.24, 2.45) is 0 Å². The molecule has 2 aromatic heterocycles. The topological polar surface area (TPSA) is 139 Å². The number of rotatable bonds is 7. The average Bonchev–Trinajstić information content (AvgIpc) is 3.54. The van der Waals surface area contributed by atoms with Gasteiger partial charge in [-0.1, -0.05) is 0 Å². The molecule has 6 rings (SSSR count). The van der Waals surface area contributed by atoms with Crippen LogP contribution < -0.4 is 14.5 Å². The Labute approximate surface area is 234 Å². The molecule has 13 nitrogen and oxygen atoms in total. The van der Waals surface area contributed by atoms with Crippen LogP contribution in [0.1, 0.15) is 13.3 Å². The smallest absolute Gasteiger partial charge is 0.415 e. The Morgan fingerprint density at radius 2 is 2.07 bits per heavy atom. The molecule has 0 bridgehead atoms. The van der Waals surface area contributed by atoms with Crippen molar-refractivity contribution in [1.29, 1.82) is 0 Å². The van der Waals surface area contributed by atoms with E-state index in [1.54, 1.807) is 22.9 Å². The summed E-state index contributed by atoms with van der Waals surface area (Å²) < 4.78 is 27.8. The van der Waals surface area contributed by atoms with Crippen molar-refractivity contribution >= 4 is 23.4 Å². The number of benzene rings is 1. The molecule has 3 aliphatic heterocycles. The molecule has 216 valence electrons. The number of aliphatic hydroxyl groups excluding tert-OH is 1. The molecule has 0 saturated carbocycles. The van der Waals surface area contributed by atoms with Crippen LogP contribution in [0.5, 0.6) is 6.01 Å². The number of nitro groups is 1. The van der Waals surface area contributed by atoms with Gasteiger partial charge >= 0.3 is 17.9 Å². The molecular weight excluding hydrogens is 537 g/mol. The minimum Gasteiger partial charge on any atom is -0.441 e. The molecule has 41 heavy (non-hydrogen) atoms. The Kier molecular flexibility index (Phi) is 6.95. The second-order valence-corrected chi connectivity index (χ2v) is 10.8. The van der Waals surface area contributed by atoms with Crippen molar-refractivity contribution in [3.63, 3.8) is 0 Å². The minimum absolute atomic E-state index is 0.166. The number of pyridine rings is 1. The fourth-order valence-corrected chi connectivity index (χ4v) is 5.66. The van der Waals surface area contributed by atoms with Gasteiger partial charge in [0.1, 0.15) is 29.5 Å². The van der Waals surface area contributed by atoms with E-state index >= 15 is 4.39 Å². The predicted octanol–water partition coefficient (Wildman–Crippen LogP) is 2.67. The maximum absolute atomic E-state index is 15.0. The quantitative estimate of drug-likeness (QED) is 0.335. The first-order chi connectivity index (χ1) is 19.7. The van der Waals surface area contributed by atoms with Gasteiger partial charge in [0, 0.05) is 55.0 Å². The summed E-state index contributed by atoms with van der Waals surface area (Å²) in [5, 5.41) is 20.2. The number of aromatic nitrogens is 3. The van der Waals surface area contributed by atoms with E-state index in [0.29, 0.717) is 29.9 Å². The number of cyclic esters (lactones) is 1. The number of hydrogen-bond donors (Lipinski definition) is 1. The molecular formula is C27H30FN7O6. The molecule has 2 unspecified atom stereocenters. The third-order valence-electron chi connectivity index (χ3n) is 7.63. The Morgan fingerprint density at radius 3 is 2.76 bits per heavy atom. The number of carbonyl (C=O) groups is 1. The van der Waals surface area contributed by atoms with Crippen molar-refractivity contribution in [2.75, 3.05) is 55.7 Å². The van der Waals surface area contributed by atoms with E-state index in [-0.39, 0.29) is 25.0 Å². The molecule has 1 N–H and O–H groups in total. The zero-order valence-corrected chi connectivity index (χ0v) is 22.5. The zero-order valence-electron chi connectivity index (χ0n) is 22.5. The van der Waals surface area contributed by atoms with Gasteiger partial charge in [-0.05, 0) is 48.6 Å². The third kappa shape index (κ3) is 5.39. The summed E-state index contributed by atoms with van der Waals surface area (Å²) in [5.41, 5.74) is 0.836. The lowest BCUT2D eigenvalue weighted by Gasteiger charge is -2.30. The summed E-state index contributed by atoms with van der Waals surface area (Å²) in [7, 11) is 0. The van der Waals surface area contributed by atoms with Crippen LogP contribution in [-0.4, -0.2) is 93.1 Å². The molecule has 1 aromatic carbocycles. The molecule has 2 saturated heterocycles. The summed E-state index contributed by atoms with van der Waals surface area (Å²) >= 11 is 0. The van der Waals surface area contributed by atoms with Gasteiger partial charge in [0.15, 0.2) is 0 Å². The number of ether oxygens (including phenoxy) is 2. The number of carbonyl (C=O) groups excluding carboxylic acids is 1. The maximum Gasteiger partial charge on any atom is 0.415 e. The molecule has 0 aliphatic carbocycles. The third-order valence-corrected chi connectivity index (χ3v) is 7.63. The highest BCUT2D eigenvalue weighted by Gasteiger charge is 2.41. The number of amides is 1. The van der Waals surface area contributed by atoms with Crippen molar-refractivity contribution in [3.05, 3.63) is 58.7 Å². The van der Waals surface area contributed by atoms with Gasteiger partial charge in [-0.25, -0.2) is 14.2 Å². The lowest BCUT2D eigenvalue weighted by atomic mass is 10.1. The highest BCUT2D eigenvalue weighted by molar-refractivity contribution is 5.90. The molecule has 2 fully saturated rings. The lowest BCUT2D eigenvalue weighted by molar-refractivity contribution is -0.389. The molecule has 14 heteroatoms. The van der Waals surface area contributed by atoms with Crippen molar-refractivity contribution in [3.8, 4) is 17.1 Å². The first-order valence-electron chi connectivity index (χ1n) is 13.4. The minimum atomic E-state index is -0.622. The van der Waals surface area contributed by atoms with Gasteiger partial charge < -0.3 is 29.6 Å². The average molecular weight is 568 g/mol. The Bertz CT molecular complexity index is 1440. The number of fused-ring (bicyclic) bond motifs is 1. The van der Waals surface area contributed by atoms with Gasteiger partial charge in [0.25, 0.3) is 0 Å². The number of imidazole rings is 1. The number of aliphatic hydroxyl groups is 1. The monoisotopic (exact) mass is 567 g/mol. The van der Waals surface area contributed by atoms with Crippen LogP contribution in [0.15, 0.2) is 42.7 Å². The largest absolute Gasteiger partial charge is 0.441 e. The van der Waals surface area contributed by atoms with Crippen LogP contribution in [-0.2, 0) is 11.3 Å². The van der Waals surface area contributed by atoms with E-state index in [2.05, 4.69) is 19.8 Å². The summed E-state index contributed by atoms with van der Waals surface area (Å²) in [4.78, 5) is 36.9. The van der Waals surface area contributed by atoms with Crippen LogP contribution >= 0.6 is 0 Å². The molecule has 2 atom stereocenters. The normalized spacial score (nSPS) is 22.8. The van der Waals surface area contributed by atoms with Crippen LogP contribution in [0, 0.1) is 15.9 Å². The van der Waals surface area contributed by atoms with Gasteiger partial charge in [0.2, 0.25) is 0 Å². The number of nitrogens with zero attached hydrogens (tertiary/aromatic N) is 7. The predicted molar refractivity (Wildman–Crippen MR) is 146 cm³/mol. The number of anilines is 2. The molecule has 3 aliphatic rings. The summed E-state index contributed by atoms with van der Waals surface area (Å²) in [6.45, 7) is 6.26. The Balaban J connectivity index is 1.07. The van der Waals surface area contributed by atoms with Gasteiger partial charge in [0.05, 0.1) is 25.4 Å². The van der Waals surface area contributed by atoms with Crippen LogP contribution in [0.3, 0.4) is 0 Å². The fraction of sp³-hybridized carbons (Fsp3) is 0.444. The number of halogens is 1. The van der Waals surface area contributed by atoms with E-state index in [4.69, 9.17) is 9.47 Å². The first kappa shape index (κ1) is 26.9. The fourth-order valence-electron chi connectivity index (χ4n) is 5.66. The second-order valence-electron chi connectivity index (χ2n) is 10.8. The van der Waals surface area contributed by atoms with E-state index < -0.39 is 28.5 Å². The SMILES string of the molecule is CC1(CN2CCCN(c3ccc(-c4ccc(N5CC(CO)OC5=O)cc4F)cn3)CC2)Cn2cc([N+](=O)[O-])nc2O1. The summed E-state index contributed by atoms with van der Waals surface area (Å²) in [6, 6.07) is 8.55. The van der Waals surface area contributed by atoms with E-state index in [1.807, 2.05) is 19.1 Å². The van der Waals surface area contributed by atoms with Gasteiger partial charge in [-0.2, -0.15) is 0 Å². The Hall–Kier alpha value is -4.30. The summed E-state index contributed by atoms with van der Waals surface area (Å²) in [5.74, 6) is 0.108. The van der Waals surface area contributed by atoms with E-state index in [9.17, 15) is 20.0 Å². The van der Waals surface area contributed by atoms with Gasteiger partial charge in [-0.15, -0.1) is 0 Å². The van der Waals surface area contributed by atoms with Gasteiger partial charge in [-0.3, -0.25) is 14.4 Å². The summed E-state index contributed by atoms with van der Waals surface area (Å²) in [6.07, 6.45) is 2.75. The molecule has 3 aromatic rings. The van der Waals surface area contributed by atoms with Crippen molar-refractivity contribution < 1.29 is 28.7 Å². The van der Waals surface area contributed by atoms with Crippen molar-refractivity contribution in [2.45, 2.75) is 31.6 Å². The van der Waals surface area contributed by atoms with Crippen LogP contribution in [0.2, 0.25) is 0 Å². The highest BCUT2D eigenvalue weighted by atomic mass is 19.1. The maximum atomic E-state index is 15.0.